The van der Waals surface area contributed by atoms with Gasteiger partial charge in [-0.25, -0.2) is 4.52 Å². The molecule has 2 N–H and O–H groups in total. The van der Waals surface area contributed by atoms with Gasteiger partial charge in [-0.15, -0.1) is 5.10 Å². The van der Waals surface area contributed by atoms with Crippen LogP contribution >= 0.6 is 0 Å². The first-order valence-corrected chi connectivity index (χ1v) is 10.0. The van der Waals surface area contributed by atoms with Crippen molar-refractivity contribution < 1.29 is 9.84 Å². The van der Waals surface area contributed by atoms with Crippen LogP contribution in [-0.2, 0) is 0 Å². The zero-order valence-electron chi connectivity index (χ0n) is 16.9. The number of hydrogen-bond acceptors (Lipinski definition) is 6. The van der Waals surface area contributed by atoms with Gasteiger partial charge in [-0.1, -0.05) is 13.0 Å². The minimum atomic E-state index is -0.596. The number of methoxy groups -OCH3 is 1. The normalized spacial score (nSPS) is 25.9. The molecule has 5 rings (SSSR count). The third-order valence-electron chi connectivity index (χ3n) is 5.96. The average Bonchev–Trinajstić information content (AvgIpc) is 3.10. The van der Waals surface area contributed by atoms with Crippen LogP contribution in [0.5, 0.6) is 5.88 Å². The Morgan fingerprint density at radius 1 is 1.31 bits per heavy atom. The zero-order chi connectivity index (χ0) is 20.2. The van der Waals surface area contributed by atoms with E-state index in [0.29, 0.717) is 30.6 Å². The SMILES string of the molecule is COc1nc(NC2CC(C)(O)C2)nn2ccc(C3=Cc4ncccc4[C@@H](C)C3)c12. The van der Waals surface area contributed by atoms with Crippen LogP contribution in [0.2, 0.25) is 0 Å². The Labute approximate surface area is 169 Å². The maximum absolute atomic E-state index is 9.95. The number of pyridine rings is 1. The molecule has 0 spiro atoms. The first-order chi connectivity index (χ1) is 13.9. The van der Waals surface area contributed by atoms with Crippen molar-refractivity contribution >= 4 is 23.1 Å². The van der Waals surface area contributed by atoms with Crippen LogP contribution in [-0.4, -0.2) is 43.4 Å². The first kappa shape index (κ1) is 18.1. The number of rotatable bonds is 4. The van der Waals surface area contributed by atoms with E-state index in [9.17, 15) is 5.11 Å². The van der Waals surface area contributed by atoms with Crippen LogP contribution in [0.25, 0.3) is 17.2 Å². The molecule has 1 fully saturated rings. The highest BCUT2D eigenvalue weighted by molar-refractivity contribution is 5.91. The minimum absolute atomic E-state index is 0.173. The van der Waals surface area contributed by atoms with Crippen molar-refractivity contribution in [3.63, 3.8) is 0 Å². The predicted molar refractivity (Wildman–Crippen MR) is 112 cm³/mol. The first-order valence-electron chi connectivity index (χ1n) is 10.0. The fourth-order valence-corrected chi connectivity index (χ4v) is 4.56. The van der Waals surface area contributed by atoms with Crippen LogP contribution in [0.3, 0.4) is 0 Å². The molecular weight excluding hydrogens is 366 g/mol. The molecule has 2 aliphatic rings. The fourth-order valence-electron chi connectivity index (χ4n) is 4.56. The molecule has 2 aliphatic carbocycles. The standard InChI is InChI=1S/C22H25N5O2/c1-13-9-14(10-18-16(13)5-4-7-23-18)17-6-8-27-19(17)20(29-3)25-21(26-27)24-15-11-22(2,28)12-15/h4-8,10,13,15,28H,9,11-12H2,1-3H3,(H,24,26)/t13-,15?,22?/m0/s1. The molecule has 29 heavy (non-hydrogen) atoms. The number of ether oxygens (including phenoxy) is 1. The molecule has 1 atom stereocenters. The molecule has 0 radical (unpaired) electrons. The lowest BCUT2D eigenvalue weighted by atomic mass is 9.77. The maximum Gasteiger partial charge on any atom is 0.244 e. The van der Waals surface area contributed by atoms with Gasteiger partial charge in [0, 0.05) is 24.0 Å². The Morgan fingerprint density at radius 3 is 2.90 bits per heavy atom. The smallest absolute Gasteiger partial charge is 0.244 e. The summed E-state index contributed by atoms with van der Waals surface area (Å²) >= 11 is 0. The van der Waals surface area contributed by atoms with Gasteiger partial charge in [0.25, 0.3) is 0 Å². The summed E-state index contributed by atoms with van der Waals surface area (Å²) in [7, 11) is 1.63. The van der Waals surface area contributed by atoms with E-state index in [2.05, 4.69) is 45.5 Å². The second-order valence-electron chi connectivity index (χ2n) is 8.47. The summed E-state index contributed by atoms with van der Waals surface area (Å²) in [5, 5.41) is 17.9. The van der Waals surface area contributed by atoms with Gasteiger partial charge in [-0.05, 0) is 61.4 Å². The number of anilines is 1. The molecule has 150 valence electrons. The van der Waals surface area contributed by atoms with E-state index in [1.807, 2.05) is 29.9 Å². The van der Waals surface area contributed by atoms with Crippen molar-refractivity contribution in [3.05, 3.63) is 47.4 Å². The molecule has 3 heterocycles. The lowest BCUT2D eigenvalue weighted by molar-refractivity contribution is -0.0236. The number of allylic oxidation sites excluding steroid dienone is 1. The van der Waals surface area contributed by atoms with E-state index in [0.717, 1.165) is 23.2 Å². The summed E-state index contributed by atoms with van der Waals surface area (Å²) in [6.07, 6.45) is 8.24. The molecule has 3 aromatic heterocycles. The molecule has 3 aromatic rings. The van der Waals surface area contributed by atoms with Gasteiger partial charge in [-0.3, -0.25) is 4.98 Å². The van der Waals surface area contributed by atoms with E-state index in [1.54, 1.807) is 7.11 Å². The van der Waals surface area contributed by atoms with Crippen molar-refractivity contribution in [1.29, 1.82) is 0 Å². The second-order valence-corrected chi connectivity index (χ2v) is 8.47. The fraction of sp³-hybridized carbons (Fsp3) is 0.409. The van der Waals surface area contributed by atoms with Gasteiger partial charge in [0.2, 0.25) is 11.8 Å². The van der Waals surface area contributed by atoms with Crippen LogP contribution in [0.4, 0.5) is 5.95 Å². The molecule has 0 unspecified atom stereocenters. The number of fused-ring (bicyclic) bond motifs is 2. The quantitative estimate of drug-likeness (QED) is 0.708. The van der Waals surface area contributed by atoms with Gasteiger partial charge in [-0.2, -0.15) is 4.98 Å². The summed E-state index contributed by atoms with van der Waals surface area (Å²) in [6.45, 7) is 4.08. The third-order valence-corrected chi connectivity index (χ3v) is 5.96. The number of nitrogens with one attached hydrogen (secondary N) is 1. The highest BCUT2D eigenvalue weighted by Gasteiger charge is 2.38. The zero-order valence-corrected chi connectivity index (χ0v) is 16.9. The number of aliphatic hydroxyl groups is 1. The highest BCUT2D eigenvalue weighted by Crippen LogP contribution is 2.40. The molecular formula is C22H25N5O2. The lowest BCUT2D eigenvalue weighted by Crippen LogP contribution is -2.48. The van der Waals surface area contributed by atoms with E-state index >= 15 is 0 Å². The lowest BCUT2D eigenvalue weighted by Gasteiger charge is -2.41. The Kier molecular flexibility index (Phi) is 4.10. The molecule has 0 aliphatic heterocycles. The summed E-state index contributed by atoms with van der Waals surface area (Å²) in [5.41, 5.74) is 4.85. The van der Waals surface area contributed by atoms with Gasteiger partial charge < -0.3 is 15.2 Å². The summed E-state index contributed by atoms with van der Waals surface area (Å²) in [4.78, 5) is 9.14. The minimum Gasteiger partial charge on any atom is -0.479 e. The Bertz CT molecular complexity index is 1110. The van der Waals surface area contributed by atoms with Crippen molar-refractivity contribution in [3.8, 4) is 5.88 Å². The number of aromatic nitrogens is 4. The molecule has 7 nitrogen and oxygen atoms in total. The van der Waals surface area contributed by atoms with Crippen molar-refractivity contribution in [1.82, 2.24) is 19.6 Å². The molecule has 0 aromatic carbocycles. The molecule has 1 saturated carbocycles. The molecule has 0 bridgehead atoms. The molecule has 0 saturated heterocycles. The van der Waals surface area contributed by atoms with E-state index in [4.69, 9.17) is 4.74 Å². The van der Waals surface area contributed by atoms with Crippen LogP contribution in [0, 0.1) is 0 Å². The van der Waals surface area contributed by atoms with E-state index < -0.39 is 5.60 Å². The van der Waals surface area contributed by atoms with E-state index in [-0.39, 0.29) is 6.04 Å². The van der Waals surface area contributed by atoms with Crippen LogP contribution in [0.1, 0.15) is 55.8 Å². The summed E-state index contributed by atoms with van der Waals surface area (Å²) in [6, 6.07) is 6.38. The highest BCUT2D eigenvalue weighted by atomic mass is 16.5. The third kappa shape index (κ3) is 3.15. The van der Waals surface area contributed by atoms with Crippen molar-refractivity contribution in [2.75, 3.05) is 12.4 Å². The van der Waals surface area contributed by atoms with Gasteiger partial charge in [0.1, 0.15) is 5.52 Å². The maximum atomic E-state index is 9.95. The van der Waals surface area contributed by atoms with Gasteiger partial charge in [0.05, 0.1) is 18.4 Å². The Morgan fingerprint density at radius 2 is 2.14 bits per heavy atom. The molecule has 7 heteroatoms. The van der Waals surface area contributed by atoms with Crippen molar-refractivity contribution in [2.24, 2.45) is 0 Å². The van der Waals surface area contributed by atoms with Gasteiger partial charge in [0.15, 0.2) is 0 Å². The monoisotopic (exact) mass is 391 g/mol. The summed E-state index contributed by atoms with van der Waals surface area (Å²) < 4.78 is 7.44. The largest absolute Gasteiger partial charge is 0.479 e. The van der Waals surface area contributed by atoms with Crippen LogP contribution < -0.4 is 10.1 Å². The van der Waals surface area contributed by atoms with Crippen molar-refractivity contribution in [2.45, 2.75) is 50.7 Å². The van der Waals surface area contributed by atoms with E-state index in [1.165, 1.54) is 11.1 Å². The van der Waals surface area contributed by atoms with Crippen LogP contribution in [0.15, 0.2) is 30.6 Å². The Hall–Kier alpha value is -2.93. The molecule has 0 amide bonds. The number of nitrogens with zero attached hydrogens (tertiary/aromatic N) is 4. The van der Waals surface area contributed by atoms with Gasteiger partial charge >= 0.3 is 0 Å². The Balaban J connectivity index is 1.52. The second kappa shape index (κ2) is 6.56. The predicted octanol–water partition coefficient (Wildman–Crippen LogP) is 3.51. The topological polar surface area (TPSA) is 84.6 Å². The number of hydrogen-bond donors (Lipinski definition) is 2. The summed E-state index contributed by atoms with van der Waals surface area (Å²) in [5.74, 6) is 1.44. The average molecular weight is 391 g/mol.